The van der Waals surface area contributed by atoms with Crippen LogP contribution >= 0.6 is 11.8 Å². The van der Waals surface area contributed by atoms with Crippen LogP contribution in [0.5, 0.6) is 5.75 Å². The molecule has 2 aromatic rings. The van der Waals surface area contributed by atoms with Crippen LogP contribution in [0.3, 0.4) is 0 Å². The number of thioether (sulfide) groups is 1. The van der Waals surface area contributed by atoms with Gasteiger partial charge in [-0.3, -0.25) is 4.79 Å². The number of halogens is 3. The molecule has 0 aliphatic heterocycles. The lowest BCUT2D eigenvalue weighted by Gasteiger charge is -2.08. The van der Waals surface area contributed by atoms with Crippen molar-refractivity contribution in [2.45, 2.75) is 11.3 Å². The van der Waals surface area contributed by atoms with E-state index in [9.17, 15) is 18.0 Å². The number of rotatable bonds is 7. The largest absolute Gasteiger partial charge is 0.492 e. The highest BCUT2D eigenvalue weighted by Crippen LogP contribution is 2.28. The first-order valence-electron chi connectivity index (χ1n) is 6.73. The normalized spacial score (nSPS) is 11.3. The van der Waals surface area contributed by atoms with Crippen LogP contribution < -0.4 is 15.9 Å². The van der Waals surface area contributed by atoms with Gasteiger partial charge < -0.3 is 15.9 Å². The predicted molar refractivity (Wildman–Crippen MR) is 80.8 cm³/mol. The molecule has 1 aromatic heterocycles. The van der Waals surface area contributed by atoms with E-state index >= 15 is 0 Å². The molecule has 0 unspecified atom stereocenters. The third-order valence-corrected chi connectivity index (χ3v) is 3.63. The highest BCUT2D eigenvalue weighted by atomic mass is 32.2. The van der Waals surface area contributed by atoms with Gasteiger partial charge in [-0.2, -0.15) is 13.2 Å². The minimum Gasteiger partial charge on any atom is -0.492 e. The number of carbonyl (C=O) groups is 1. The van der Waals surface area contributed by atoms with E-state index < -0.39 is 12.0 Å². The van der Waals surface area contributed by atoms with E-state index in [-0.39, 0.29) is 30.0 Å². The van der Waals surface area contributed by atoms with Crippen molar-refractivity contribution in [3.8, 4) is 5.75 Å². The van der Waals surface area contributed by atoms with Crippen molar-refractivity contribution in [1.82, 2.24) is 20.2 Å². The van der Waals surface area contributed by atoms with Crippen molar-refractivity contribution in [2.24, 2.45) is 0 Å². The Morgan fingerprint density at radius 3 is 2.62 bits per heavy atom. The molecule has 24 heavy (non-hydrogen) atoms. The van der Waals surface area contributed by atoms with Gasteiger partial charge in [0.1, 0.15) is 12.4 Å². The summed E-state index contributed by atoms with van der Waals surface area (Å²) in [5, 5.41) is 8.66. The molecule has 0 radical (unpaired) electrons. The van der Waals surface area contributed by atoms with E-state index in [1.165, 1.54) is 0 Å². The number of nitrogens with one attached hydrogen (secondary N) is 1. The average molecular weight is 361 g/mol. The molecule has 0 spiro atoms. The lowest BCUT2D eigenvalue weighted by Crippen LogP contribution is -2.29. The SMILES string of the molecule is Nn1c(SCC(=O)NCCOc2ccccc2)nnc1C(F)(F)F. The summed E-state index contributed by atoms with van der Waals surface area (Å²) in [6, 6.07) is 9.06. The number of carbonyl (C=O) groups excluding carboxylic acids is 1. The van der Waals surface area contributed by atoms with Crippen molar-refractivity contribution < 1.29 is 22.7 Å². The van der Waals surface area contributed by atoms with Crippen molar-refractivity contribution in [1.29, 1.82) is 0 Å². The molecule has 0 saturated carbocycles. The summed E-state index contributed by atoms with van der Waals surface area (Å²) in [6.07, 6.45) is -4.70. The molecule has 11 heteroatoms. The second kappa shape index (κ2) is 7.90. The molecule has 0 saturated heterocycles. The molecule has 130 valence electrons. The summed E-state index contributed by atoms with van der Waals surface area (Å²) in [5.74, 6) is 4.10. The lowest BCUT2D eigenvalue weighted by molar-refractivity contribution is -0.146. The van der Waals surface area contributed by atoms with Crippen LogP contribution in [0.25, 0.3) is 0 Å². The van der Waals surface area contributed by atoms with Crippen molar-refractivity contribution in [3.05, 3.63) is 36.2 Å². The molecule has 2 rings (SSSR count). The highest BCUT2D eigenvalue weighted by molar-refractivity contribution is 7.99. The molecule has 7 nitrogen and oxygen atoms in total. The number of nitrogen functional groups attached to an aromatic ring is 1. The maximum atomic E-state index is 12.5. The average Bonchev–Trinajstić information content (AvgIpc) is 2.91. The molecule has 1 aromatic carbocycles. The Kier molecular flexibility index (Phi) is 5.90. The Hall–Kier alpha value is -2.43. The molecule has 0 bridgehead atoms. The molecule has 0 fully saturated rings. The number of para-hydroxylation sites is 1. The van der Waals surface area contributed by atoms with Gasteiger partial charge in [0, 0.05) is 0 Å². The van der Waals surface area contributed by atoms with Gasteiger partial charge in [-0.05, 0) is 12.1 Å². The second-order valence-electron chi connectivity index (χ2n) is 4.47. The maximum Gasteiger partial charge on any atom is 0.453 e. The van der Waals surface area contributed by atoms with Gasteiger partial charge >= 0.3 is 6.18 Å². The third kappa shape index (κ3) is 5.05. The van der Waals surface area contributed by atoms with Crippen LogP contribution in [-0.4, -0.2) is 39.7 Å². The molecular formula is C13H14F3N5O2S. The Morgan fingerprint density at radius 1 is 1.29 bits per heavy atom. The van der Waals surface area contributed by atoms with E-state index in [4.69, 9.17) is 10.6 Å². The maximum absolute atomic E-state index is 12.5. The zero-order valence-electron chi connectivity index (χ0n) is 12.3. The number of aromatic nitrogens is 3. The van der Waals surface area contributed by atoms with Crippen molar-refractivity contribution >= 4 is 17.7 Å². The fraction of sp³-hybridized carbons (Fsp3) is 0.308. The van der Waals surface area contributed by atoms with Gasteiger partial charge in [0.15, 0.2) is 0 Å². The molecule has 0 atom stereocenters. The minimum atomic E-state index is -4.70. The Labute approximate surface area is 139 Å². The smallest absolute Gasteiger partial charge is 0.453 e. The highest BCUT2D eigenvalue weighted by Gasteiger charge is 2.38. The van der Waals surface area contributed by atoms with Gasteiger partial charge in [0.2, 0.25) is 11.1 Å². The number of ether oxygens (including phenoxy) is 1. The zero-order chi connectivity index (χ0) is 17.6. The second-order valence-corrected chi connectivity index (χ2v) is 5.42. The number of benzene rings is 1. The molecular weight excluding hydrogens is 347 g/mol. The van der Waals surface area contributed by atoms with E-state index in [1.54, 1.807) is 12.1 Å². The summed E-state index contributed by atoms with van der Waals surface area (Å²) in [5.41, 5.74) is 0. The van der Waals surface area contributed by atoms with E-state index in [2.05, 4.69) is 15.5 Å². The summed E-state index contributed by atoms with van der Waals surface area (Å²) >= 11 is 0.758. The van der Waals surface area contributed by atoms with Crippen LogP contribution in [-0.2, 0) is 11.0 Å². The van der Waals surface area contributed by atoms with Crippen molar-refractivity contribution in [2.75, 3.05) is 24.7 Å². The molecule has 0 aliphatic carbocycles. The van der Waals surface area contributed by atoms with Crippen LogP contribution in [0.4, 0.5) is 13.2 Å². The molecule has 1 amide bonds. The van der Waals surface area contributed by atoms with Gasteiger partial charge in [-0.1, -0.05) is 30.0 Å². The summed E-state index contributed by atoms with van der Waals surface area (Å²) in [4.78, 5) is 11.6. The van der Waals surface area contributed by atoms with E-state index in [1.807, 2.05) is 18.2 Å². The molecule has 3 N–H and O–H groups in total. The van der Waals surface area contributed by atoms with E-state index in [0.29, 0.717) is 10.4 Å². The fourth-order valence-electron chi connectivity index (χ4n) is 1.63. The van der Waals surface area contributed by atoms with Crippen LogP contribution in [0.15, 0.2) is 35.5 Å². The van der Waals surface area contributed by atoms with Gasteiger partial charge in [0.25, 0.3) is 5.82 Å². The quantitative estimate of drug-likeness (QED) is 0.438. The standard InChI is InChI=1S/C13H14F3N5O2S/c14-13(15,16)11-19-20-12(21(11)17)24-8-10(22)18-6-7-23-9-4-2-1-3-5-9/h1-5H,6-8,17H2,(H,18,22). The number of nitrogens with zero attached hydrogens (tertiary/aromatic N) is 3. The fourth-order valence-corrected chi connectivity index (χ4v) is 2.31. The monoisotopic (exact) mass is 361 g/mol. The Morgan fingerprint density at radius 2 is 2.00 bits per heavy atom. The topological polar surface area (TPSA) is 95.1 Å². The van der Waals surface area contributed by atoms with Crippen LogP contribution in [0.2, 0.25) is 0 Å². The Balaban J connectivity index is 1.71. The van der Waals surface area contributed by atoms with Crippen LogP contribution in [0, 0.1) is 0 Å². The first-order valence-corrected chi connectivity index (χ1v) is 7.71. The number of amides is 1. The third-order valence-electron chi connectivity index (χ3n) is 2.69. The number of hydrogen-bond donors (Lipinski definition) is 2. The van der Waals surface area contributed by atoms with E-state index in [0.717, 1.165) is 11.8 Å². The summed E-state index contributed by atoms with van der Waals surface area (Å²) < 4.78 is 43.2. The Bertz CT molecular complexity index is 678. The number of nitrogens with two attached hydrogens (primary N) is 1. The predicted octanol–water partition coefficient (Wildman–Crippen LogP) is 1.30. The number of hydrogen-bond acceptors (Lipinski definition) is 6. The minimum absolute atomic E-state index is 0.140. The number of alkyl halides is 3. The van der Waals surface area contributed by atoms with Gasteiger partial charge in [-0.15, -0.1) is 10.2 Å². The summed E-state index contributed by atoms with van der Waals surface area (Å²) in [7, 11) is 0. The summed E-state index contributed by atoms with van der Waals surface area (Å²) in [6.45, 7) is 0.531. The first kappa shape index (κ1) is 17.9. The molecule has 0 aliphatic rings. The zero-order valence-corrected chi connectivity index (χ0v) is 13.1. The first-order chi connectivity index (χ1) is 11.4. The molecule has 1 heterocycles. The van der Waals surface area contributed by atoms with Crippen LogP contribution in [0.1, 0.15) is 5.82 Å². The van der Waals surface area contributed by atoms with Gasteiger partial charge in [-0.25, -0.2) is 4.68 Å². The van der Waals surface area contributed by atoms with Crippen molar-refractivity contribution in [3.63, 3.8) is 0 Å². The lowest BCUT2D eigenvalue weighted by atomic mass is 10.3. The van der Waals surface area contributed by atoms with Gasteiger partial charge in [0.05, 0.1) is 12.3 Å².